The molecule has 0 saturated carbocycles. The lowest BCUT2D eigenvalue weighted by molar-refractivity contribution is -0.161. The Hall–Kier alpha value is -1.52. The molecule has 12 heteroatoms. The Morgan fingerprint density at radius 2 is 0.759 bits per heavy atom. The number of aliphatic carboxylic acids is 1. The molecule has 58 heavy (non-hydrogen) atoms. The summed E-state index contributed by atoms with van der Waals surface area (Å²) in [6, 6.07) is -1.52. The summed E-state index contributed by atoms with van der Waals surface area (Å²) in [6.07, 6.45) is 41.6. The van der Waals surface area contributed by atoms with Gasteiger partial charge in [0, 0.05) is 12.8 Å². The Balaban J connectivity index is 4.21. The average Bonchev–Trinajstić information content (AvgIpc) is 3.20. The van der Waals surface area contributed by atoms with Crippen LogP contribution in [0.1, 0.15) is 245 Å². The molecule has 0 bridgehead atoms. The molecule has 0 fully saturated rings. The van der Waals surface area contributed by atoms with Crippen LogP contribution in [0.15, 0.2) is 0 Å². The topological polar surface area (TPSA) is 172 Å². The molecule has 0 aromatic rings. The van der Waals surface area contributed by atoms with Crippen LogP contribution in [0.25, 0.3) is 0 Å². The van der Waals surface area contributed by atoms with Crippen molar-refractivity contribution in [3.63, 3.8) is 0 Å². The summed E-state index contributed by atoms with van der Waals surface area (Å²) in [7, 11) is -4.71. The second-order valence-electron chi connectivity index (χ2n) is 16.6. The van der Waals surface area contributed by atoms with Gasteiger partial charge in [-0.1, -0.05) is 219 Å². The molecule has 0 spiro atoms. The van der Waals surface area contributed by atoms with Crippen LogP contribution in [-0.2, 0) is 37.5 Å². The van der Waals surface area contributed by atoms with Gasteiger partial charge in [-0.15, -0.1) is 0 Å². The standard InChI is InChI=1S/C46H90NO10P/c1-3-5-7-9-11-13-15-17-19-20-21-22-23-24-26-27-29-31-33-35-37-44(48)54-39-42(40-55-58(52,53)56-41-43(47)46(50)51)57-45(49)38-36-34-32-30-28-25-18-16-14-12-10-8-6-4-2/h42-43H,3-41,47H2,1-2H3,(H,50,51)(H,52,53)/t42-,43+/m0/s1. The third kappa shape index (κ3) is 41.2. The van der Waals surface area contributed by atoms with Crippen molar-refractivity contribution < 1.29 is 47.5 Å². The van der Waals surface area contributed by atoms with Gasteiger partial charge in [-0.2, -0.15) is 0 Å². The predicted octanol–water partition coefficient (Wildman–Crippen LogP) is 13.1. The molecule has 344 valence electrons. The zero-order chi connectivity index (χ0) is 42.8. The lowest BCUT2D eigenvalue weighted by Crippen LogP contribution is -2.34. The van der Waals surface area contributed by atoms with E-state index in [4.69, 9.17) is 24.8 Å². The van der Waals surface area contributed by atoms with Gasteiger partial charge < -0.3 is 25.2 Å². The monoisotopic (exact) mass is 848 g/mol. The van der Waals surface area contributed by atoms with Crippen molar-refractivity contribution in [1.82, 2.24) is 0 Å². The van der Waals surface area contributed by atoms with Crippen molar-refractivity contribution >= 4 is 25.7 Å². The second-order valence-corrected chi connectivity index (χ2v) is 18.1. The third-order valence-electron chi connectivity index (χ3n) is 10.9. The molecule has 1 unspecified atom stereocenters. The number of phosphoric ester groups is 1. The third-order valence-corrected chi connectivity index (χ3v) is 11.8. The first-order valence-electron chi connectivity index (χ1n) is 24.1. The minimum Gasteiger partial charge on any atom is -0.480 e. The number of rotatable bonds is 46. The van der Waals surface area contributed by atoms with Crippen LogP contribution in [0, 0.1) is 0 Å². The Morgan fingerprint density at radius 1 is 0.466 bits per heavy atom. The van der Waals surface area contributed by atoms with Crippen LogP contribution in [0.4, 0.5) is 0 Å². The number of esters is 2. The molecule has 0 amide bonds. The quantitative estimate of drug-likeness (QED) is 0.0302. The number of hydrogen-bond donors (Lipinski definition) is 3. The van der Waals surface area contributed by atoms with E-state index in [9.17, 15) is 23.8 Å². The van der Waals surface area contributed by atoms with E-state index >= 15 is 0 Å². The average molecular weight is 848 g/mol. The van der Waals surface area contributed by atoms with E-state index in [1.165, 1.54) is 167 Å². The zero-order valence-corrected chi connectivity index (χ0v) is 38.3. The van der Waals surface area contributed by atoms with Gasteiger partial charge in [0.05, 0.1) is 13.2 Å². The SMILES string of the molecule is CCCCCCCCCCCCCCCCCCCCCCC(=O)OC[C@@H](COP(=O)(O)OC[C@@H](N)C(=O)O)OC(=O)CCCCCCCCCCCCCCCC. The number of carbonyl (C=O) groups excluding carboxylic acids is 2. The molecule has 0 aliphatic heterocycles. The van der Waals surface area contributed by atoms with Crippen LogP contribution in [0.3, 0.4) is 0 Å². The minimum atomic E-state index is -4.71. The molecule has 0 aliphatic carbocycles. The van der Waals surface area contributed by atoms with E-state index in [0.29, 0.717) is 12.8 Å². The van der Waals surface area contributed by atoms with E-state index in [1.54, 1.807) is 0 Å². The lowest BCUT2D eigenvalue weighted by Gasteiger charge is -2.20. The largest absolute Gasteiger partial charge is 0.480 e. The van der Waals surface area contributed by atoms with Crippen LogP contribution < -0.4 is 5.73 Å². The zero-order valence-electron chi connectivity index (χ0n) is 37.4. The van der Waals surface area contributed by atoms with Gasteiger partial charge in [0.2, 0.25) is 0 Å². The van der Waals surface area contributed by atoms with Gasteiger partial charge >= 0.3 is 25.7 Å². The van der Waals surface area contributed by atoms with Gasteiger partial charge in [0.1, 0.15) is 12.6 Å². The van der Waals surface area contributed by atoms with Crippen molar-refractivity contribution in [2.75, 3.05) is 19.8 Å². The van der Waals surface area contributed by atoms with E-state index in [0.717, 1.165) is 38.5 Å². The first-order chi connectivity index (χ1) is 28.1. The molecule has 11 nitrogen and oxygen atoms in total. The first-order valence-corrected chi connectivity index (χ1v) is 25.6. The highest BCUT2D eigenvalue weighted by Crippen LogP contribution is 2.43. The summed E-state index contributed by atoms with van der Waals surface area (Å²) in [4.78, 5) is 46.0. The van der Waals surface area contributed by atoms with Crippen molar-refractivity contribution in [1.29, 1.82) is 0 Å². The molecular formula is C46H90NO10P. The van der Waals surface area contributed by atoms with E-state index < -0.39 is 51.1 Å². The molecule has 0 aliphatic rings. The number of carboxylic acid groups (broad SMARTS) is 1. The Kier molecular flexibility index (Phi) is 41.1. The number of carbonyl (C=O) groups is 3. The molecule has 0 aromatic heterocycles. The van der Waals surface area contributed by atoms with Crippen LogP contribution >= 0.6 is 7.82 Å². The smallest absolute Gasteiger partial charge is 0.472 e. The summed E-state index contributed by atoms with van der Waals surface area (Å²) in [5, 5.41) is 8.90. The maximum atomic E-state index is 12.6. The number of hydrogen-bond acceptors (Lipinski definition) is 9. The van der Waals surface area contributed by atoms with Gasteiger partial charge in [-0.25, -0.2) is 4.57 Å². The highest BCUT2D eigenvalue weighted by molar-refractivity contribution is 7.47. The summed E-state index contributed by atoms with van der Waals surface area (Å²) in [5.74, 6) is -2.35. The molecule has 0 aromatic carbocycles. The van der Waals surface area contributed by atoms with Crippen LogP contribution in [0.2, 0.25) is 0 Å². The number of nitrogens with two attached hydrogens (primary N) is 1. The molecule has 0 rings (SSSR count). The maximum absolute atomic E-state index is 12.6. The van der Waals surface area contributed by atoms with Crippen molar-refractivity contribution in [3.05, 3.63) is 0 Å². The summed E-state index contributed by atoms with van der Waals surface area (Å²) in [5.41, 5.74) is 5.34. The fourth-order valence-electron chi connectivity index (χ4n) is 7.07. The van der Waals surface area contributed by atoms with Crippen molar-refractivity contribution in [2.24, 2.45) is 5.73 Å². The van der Waals surface area contributed by atoms with E-state index in [2.05, 4.69) is 18.4 Å². The summed E-state index contributed by atoms with van der Waals surface area (Å²) < 4.78 is 32.8. The Bertz CT molecular complexity index is 1000. The predicted molar refractivity (Wildman–Crippen MR) is 236 cm³/mol. The maximum Gasteiger partial charge on any atom is 0.472 e. The molecule has 0 heterocycles. The van der Waals surface area contributed by atoms with Crippen molar-refractivity contribution in [3.8, 4) is 0 Å². The molecule has 0 radical (unpaired) electrons. The van der Waals surface area contributed by atoms with Crippen LogP contribution in [-0.4, -0.2) is 59.9 Å². The highest BCUT2D eigenvalue weighted by Gasteiger charge is 2.28. The van der Waals surface area contributed by atoms with E-state index in [1.807, 2.05) is 0 Å². The molecule has 0 saturated heterocycles. The molecule has 3 atom stereocenters. The Morgan fingerprint density at radius 3 is 1.09 bits per heavy atom. The molecule has 4 N–H and O–H groups in total. The normalized spacial score (nSPS) is 13.6. The summed E-state index contributed by atoms with van der Waals surface area (Å²) >= 11 is 0. The first kappa shape index (κ1) is 56.5. The molecular weight excluding hydrogens is 757 g/mol. The number of ether oxygens (including phenoxy) is 2. The second kappa shape index (κ2) is 42.2. The van der Waals surface area contributed by atoms with Crippen molar-refractivity contribution in [2.45, 2.75) is 257 Å². The van der Waals surface area contributed by atoms with Crippen LogP contribution in [0.5, 0.6) is 0 Å². The fourth-order valence-corrected chi connectivity index (χ4v) is 7.85. The number of phosphoric acid groups is 1. The number of carboxylic acids is 1. The van der Waals surface area contributed by atoms with Gasteiger partial charge in [-0.05, 0) is 12.8 Å². The summed E-state index contributed by atoms with van der Waals surface area (Å²) in [6.45, 7) is 2.85. The lowest BCUT2D eigenvalue weighted by atomic mass is 10.0. The van der Waals surface area contributed by atoms with Gasteiger partial charge in [0.25, 0.3) is 0 Å². The van der Waals surface area contributed by atoms with Gasteiger partial charge in [-0.3, -0.25) is 23.4 Å². The minimum absolute atomic E-state index is 0.169. The van der Waals surface area contributed by atoms with Gasteiger partial charge in [0.15, 0.2) is 6.10 Å². The fraction of sp³-hybridized carbons (Fsp3) is 0.935. The number of unbranched alkanes of at least 4 members (excludes halogenated alkanes) is 32. The van der Waals surface area contributed by atoms with E-state index in [-0.39, 0.29) is 19.4 Å². The Labute approximate surface area is 355 Å². The highest BCUT2D eigenvalue weighted by atomic mass is 31.2.